The van der Waals surface area contributed by atoms with Gasteiger partial charge in [-0.2, -0.15) is 0 Å². The normalized spacial score (nSPS) is 17.2. The predicted octanol–water partition coefficient (Wildman–Crippen LogP) is 8.76. The predicted molar refractivity (Wildman–Crippen MR) is 261 cm³/mol. The smallest absolute Gasteiger partial charge is 0.458 e. The SMILES string of the molecule is C#CP(=O)(Nc1ccc(C(=O)NCCCCCOP(=O)(NCCSSC(C)(C)C)Oc2ccc3nc4c(c(CC)c3c2)Cn2c-4cc3c(c2=O)COC(=O)[C@]3(O)CC)cc1)OCCCOC. The molecule has 1 amide bonds. The molecule has 2 aliphatic rings. The maximum Gasteiger partial charge on any atom is 0.458 e. The summed E-state index contributed by atoms with van der Waals surface area (Å²) in [6.45, 7) is 11.6. The quantitative estimate of drug-likeness (QED) is 0.0150. The Morgan fingerprint density at radius 3 is 2.45 bits per heavy atom. The number of benzene rings is 2. The van der Waals surface area contributed by atoms with Crippen molar-refractivity contribution in [3.05, 3.63) is 86.7 Å². The second-order valence-electron chi connectivity index (χ2n) is 16.8. The maximum atomic E-state index is 14.4. The first-order chi connectivity index (χ1) is 31.5. The molecule has 20 heteroatoms. The highest BCUT2D eigenvalue weighted by molar-refractivity contribution is 8.77. The molecule has 4 heterocycles. The molecule has 16 nitrogen and oxygen atoms in total. The molecule has 0 radical (unpaired) electrons. The fraction of sp³-hybridized carbons (Fsp3) is 0.478. The molecule has 3 atom stereocenters. The van der Waals surface area contributed by atoms with Crippen molar-refractivity contribution >= 4 is 65.3 Å². The summed E-state index contributed by atoms with van der Waals surface area (Å²) in [5.41, 5.74) is 4.86. The van der Waals surface area contributed by atoms with Crippen molar-refractivity contribution in [3.8, 4) is 29.2 Å². The standard InChI is InChI=1S/C46H59N5O11P2S2/c1-8-34-35-27-33(19-20-39(35)49-41-36(34)29-51-40(41)28-38-37(43(51)53)30-59-44(54)46(38,55)9-2)62-64(57,48-22-26-65-66-45(4,5)6)61-24-13-11-12-21-47-42(52)31-15-17-32(18-16-31)50-63(56,10-3)60-25-14-23-58-7/h3,15-20,27-28,55H,8-9,11-14,21-26,29-30H2,1-2,4-7H3,(H,47,52)(H,48,57)(H,50,56)/t46-,63?,64?/m0/s1. The van der Waals surface area contributed by atoms with Crippen molar-refractivity contribution in [1.29, 1.82) is 0 Å². The van der Waals surface area contributed by atoms with E-state index in [1.54, 1.807) is 88.7 Å². The number of aromatic nitrogens is 2. The zero-order chi connectivity index (χ0) is 47.7. The van der Waals surface area contributed by atoms with Crippen molar-refractivity contribution in [3.63, 3.8) is 0 Å². The van der Waals surface area contributed by atoms with Gasteiger partial charge in [-0.3, -0.25) is 18.7 Å². The van der Waals surface area contributed by atoms with E-state index < -0.39 is 26.8 Å². The number of terminal acetylenes is 1. The number of carbonyl (C=O) groups is 2. The molecule has 356 valence electrons. The highest BCUT2D eigenvalue weighted by Crippen LogP contribution is 2.47. The number of fused-ring (bicyclic) bond motifs is 5. The molecule has 2 aromatic heterocycles. The summed E-state index contributed by atoms with van der Waals surface area (Å²) in [5.74, 6) is -0.0722. The van der Waals surface area contributed by atoms with E-state index >= 15 is 0 Å². The number of esters is 1. The highest BCUT2D eigenvalue weighted by Gasteiger charge is 2.45. The Bertz CT molecular complexity index is 2620. The summed E-state index contributed by atoms with van der Waals surface area (Å²) in [6.07, 6.45) is 8.52. The molecule has 66 heavy (non-hydrogen) atoms. The number of nitrogens with zero attached hydrogens (tertiary/aromatic N) is 2. The number of rotatable bonds is 24. The summed E-state index contributed by atoms with van der Waals surface area (Å²) >= 11 is 0. The number of aliphatic hydroxyl groups is 1. The number of amides is 1. The molecule has 4 aromatic rings. The number of carbonyl (C=O) groups excluding carboxylic acids is 2. The number of methoxy groups -OCH3 is 1. The van der Waals surface area contributed by atoms with E-state index in [1.807, 2.05) is 6.92 Å². The molecule has 2 aliphatic heterocycles. The molecule has 0 fully saturated rings. The number of hydrogen-bond donors (Lipinski definition) is 4. The van der Waals surface area contributed by atoms with E-state index in [1.165, 1.54) is 0 Å². The lowest BCUT2D eigenvalue weighted by molar-refractivity contribution is -0.172. The first kappa shape index (κ1) is 51.3. The lowest BCUT2D eigenvalue weighted by Crippen LogP contribution is -2.44. The Labute approximate surface area is 393 Å². The van der Waals surface area contributed by atoms with Crippen LogP contribution in [0.25, 0.3) is 22.3 Å². The second-order valence-corrected chi connectivity index (χ2v) is 23.6. The summed E-state index contributed by atoms with van der Waals surface area (Å²) in [5, 5.41) is 20.8. The minimum atomic E-state index is -3.88. The van der Waals surface area contributed by atoms with Gasteiger partial charge in [-0.25, -0.2) is 19.4 Å². The van der Waals surface area contributed by atoms with Crippen LogP contribution in [0, 0.1) is 12.1 Å². The summed E-state index contributed by atoms with van der Waals surface area (Å²) in [6, 6.07) is 13.4. The fourth-order valence-corrected chi connectivity index (χ4v) is 12.3. The largest absolute Gasteiger partial charge is 0.458 e. The maximum absolute atomic E-state index is 14.4. The Balaban J connectivity index is 1.08. The number of cyclic esters (lactones) is 1. The van der Waals surface area contributed by atoms with Crippen LogP contribution < -0.4 is 25.6 Å². The molecule has 2 aromatic carbocycles. The van der Waals surface area contributed by atoms with Crippen LogP contribution in [0.3, 0.4) is 0 Å². The number of anilines is 1. The van der Waals surface area contributed by atoms with Gasteiger partial charge >= 0.3 is 21.2 Å². The Morgan fingerprint density at radius 2 is 1.76 bits per heavy atom. The number of pyridine rings is 2. The third kappa shape index (κ3) is 12.3. The lowest BCUT2D eigenvalue weighted by Gasteiger charge is -2.31. The van der Waals surface area contributed by atoms with E-state index in [4.69, 9.17) is 34.5 Å². The molecule has 4 N–H and O–H groups in total. The van der Waals surface area contributed by atoms with Gasteiger partial charge in [-0.05, 0) is 92.6 Å². The molecule has 0 saturated carbocycles. The average molecular weight is 984 g/mol. The van der Waals surface area contributed by atoms with Crippen LogP contribution in [0.15, 0.2) is 53.3 Å². The third-order valence-corrected chi connectivity index (χ3v) is 17.2. The average Bonchev–Trinajstić information content (AvgIpc) is 3.66. The number of aryl methyl sites for hydroxylation is 1. The Hall–Kier alpha value is -4.14. The van der Waals surface area contributed by atoms with Crippen molar-refractivity contribution < 1.29 is 46.9 Å². The fourth-order valence-electron chi connectivity index (χ4n) is 7.54. The first-order valence-corrected chi connectivity index (χ1v) is 27.5. The van der Waals surface area contributed by atoms with E-state index in [0.29, 0.717) is 91.5 Å². The monoisotopic (exact) mass is 983 g/mol. The number of ether oxygens (including phenoxy) is 2. The molecular weight excluding hydrogens is 925 g/mol. The minimum Gasteiger partial charge on any atom is -0.458 e. The molecule has 2 unspecified atom stereocenters. The highest BCUT2D eigenvalue weighted by atomic mass is 33.1. The van der Waals surface area contributed by atoms with Crippen LogP contribution in [-0.2, 0) is 57.6 Å². The van der Waals surface area contributed by atoms with Gasteiger partial charge in [0.25, 0.3) is 11.5 Å². The van der Waals surface area contributed by atoms with E-state index in [2.05, 4.69) is 41.9 Å². The van der Waals surface area contributed by atoms with E-state index in [9.17, 15) is 28.6 Å². The van der Waals surface area contributed by atoms with Crippen LogP contribution in [0.4, 0.5) is 5.69 Å². The van der Waals surface area contributed by atoms with Gasteiger partial charge in [0.2, 0.25) is 0 Å². The lowest BCUT2D eigenvalue weighted by atomic mass is 9.86. The van der Waals surface area contributed by atoms with Crippen LogP contribution in [0.5, 0.6) is 5.75 Å². The van der Waals surface area contributed by atoms with Gasteiger partial charge in [-0.1, -0.05) is 56.2 Å². The molecular formula is C46H59N5O11P2S2. The van der Waals surface area contributed by atoms with Crippen molar-refractivity contribution in [2.75, 3.05) is 50.9 Å². The molecule has 0 bridgehead atoms. The van der Waals surface area contributed by atoms with Gasteiger partial charge < -0.3 is 38.6 Å². The first-order valence-electron chi connectivity index (χ1n) is 22.0. The van der Waals surface area contributed by atoms with Crippen molar-refractivity contribution in [2.24, 2.45) is 0 Å². The van der Waals surface area contributed by atoms with Crippen LogP contribution in [-0.4, -0.2) is 77.1 Å². The molecule has 6 rings (SSSR count). The molecule has 0 aliphatic carbocycles. The Kier molecular flexibility index (Phi) is 17.3. The molecule has 0 saturated heterocycles. The van der Waals surface area contributed by atoms with Crippen LogP contribution in [0.2, 0.25) is 0 Å². The van der Waals surface area contributed by atoms with E-state index in [0.717, 1.165) is 16.5 Å². The second kappa shape index (κ2) is 22.3. The number of hydrogen-bond acceptors (Lipinski definition) is 14. The summed E-state index contributed by atoms with van der Waals surface area (Å²) < 4.78 is 56.7. The Morgan fingerprint density at radius 1 is 1.00 bits per heavy atom. The topological polar surface area (TPSA) is 206 Å². The third-order valence-electron chi connectivity index (χ3n) is 10.9. The zero-order valence-corrected chi connectivity index (χ0v) is 41.7. The number of unbranched alkanes of at least 4 members (excludes halogenated alkanes) is 2. The van der Waals surface area contributed by atoms with Gasteiger partial charge in [0.1, 0.15) is 12.4 Å². The van der Waals surface area contributed by atoms with Crippen molar-refractivity contribution in [1.82, 2.24) is 20.0 Å². The minimum absolute atomic E-state index is 0.0480. The van der Waals surface area contributed by atoms with Crippen LogP contribution >= 0.6 is 36.9 Å². The van der Waals surface area contributed by atoms with Gasteiger partial charge in [0.05, 0.1) is 42.2 Å². The van der Waals surface area contributed by atoms with Crippen LogP contribution in [0.1, 0.15) is 99.3 Å². The molecule has 0 spiro atoms. The van der Waals surface area contributed by atoms with E-state index in [-0.39, 0.29) is 60.1 Å². The zero-order valence-electron chi connectivity index (χ0n) is 38.2. The van der Waals surface area contributed by atoms with Crippen molar-refractivity contribution in [2.45, 2.75) is 96.6 Å². The summed E-state index contributed by atoms with van der Waals surface area (Å²) in [7, 11) is -2.48. The summed E-state index contributed by atoms with van der Waals surface area (Å²) in [4.78, 5) is 44.3. The van der Waals surface area contributed by atoms with Gasteiger partial charge in [0.15, 0.2) is 5.60 Å². The van der Waals surface area contributed by atoms with Gasteiger partial charge in [-0.15, -0.1) is 6.42 Å². The van der Waals surface area contributed by atoms with Gasteiger partial charge in [0, 0.05) is 70.7 Å². The number of nitrogens with one attached hydrogen (secondary N) is 3.